The van der Waals surface area contributed by atoms with Gasteiger partial charge in [0.2, 0.25) is 6.29 Å². The summed E-state index contributed by atoms with van der Waals surface area (Å²) in [5.41, 5.74) is 4.13. The van der Waals surface area contributed by atoms with Crippen LogP contribution >= 0.6 is 63.7 Å². The quantitative estimate of drug-likeness (QED) is 0.155. The first-order chi connectivity index (χ1) is 16.6. The molecule has 3 heterocycles. The van der Waals surface area contributed by atoms with E-state index >= 15 is 0 Å². The predicted molar refractivity (Wildman–Crippen MR) is 139 cm³/mol. The number of esters is 3. The van der Waals surface area contributed by atoms with Crippen LogP contribution in [0.2, 0.25) is 0 Å². The van der Waals surface area contributed by atoms with Crippen LogP contribution in [0, 0.1) is 0 Å². The summed E-state index contributed by atoms with van der Waals surface area (Å²) >= 11 is 13.0. The van der Waals surface area contributed by atoms with E-state index in [-0.39, 0.29) is 17.0 Å². The van der Waals surface area contributed by atoms with Gasteiger partial charge in [-0.05, 0) is 52.3 Å². The smallest absolute Gasteiger partial charge is 0.341 e. The van der Waals surface area contributed by atoms with Gasteiger partial charge in [0.15, 0.2) is 5.01 Å². The molecule has 0 fully saturated rings. The maximum absolute atomic E-state index is 11.2. The van der Waals surface area contributed by atoms with Crippen molar-refractivity contribution in [2.24, 2.45) is 0 Å². The highest BCUT2D eigenvalue weighted by atomic mass is 79.9. The van der Waals surface area contributed by atoms with E-state index in [1.165, 1.54) is 0 Å². The van der Waals surface area contributed by atoms with E-state index in [0.29, 0.717) is 28.9 Å². The van der Waals surface area contributed by atoms with Gasteiger partial charge in [0.05, 0.1) is 16.7 Å². The van der Waals surface area contributed by atoms with Crippen molar-refractivity contribution in [2.75, 3.05) is 0 Å². The largest absolute Gasteiger partial charge is 0.457 e. The summed E-state index contributed by atoms with van der Waals surface area (Å²) in [6, 6.07) is 16.1. The first-order valence-electron chi connectivity index (χ1n) is 9.92. The number of rotatable bonds is 0. The molecule has 0 saturated heterocycles. The molecule has 1 N–H and O–H groups in total. The van der Waals surface area contributed by atoms with Crippen LogP contribution in [0.15, 0.2) is 68.0 Å². The molecule has 6 rings (SSSR count). The van der Waals surface area contributed by atoms with Crippen LogP contribution in [0.3, 0.4) is 0 Å². The number of aliphatic hydroxyl groups is 1. The Labute approximate surface area is 233 Å². The van der Waals surface area contributed by atoms with Crippen LogP contribution in [-0.2, 0) is 20.8 Å². The van der Waals surface area contributed by atoms with Crippen molar-refractivity contribution in [3.8, 4) is 0 Å². The van der Waals surface area contributed by atoms with Gasteiger partial charge in [-0.15, -0.1) is 0 Å². The van der Waals surface area contributed by atoms with Gasteiger partial charge >= 0.3 is 17.9 Å². The molecular formula is C24H14Br4O7. The second-order valence-electron chi connectivity index (χ2n) is 7.32. The number of cyclic esters (lactones) is 3. The highest BCUT2D eigenvalue weighted by Crippen LogP contribution is 2.36. The van der Waals surface area contributed by atoms with Crippen LogP contribution < -0.4 is 0 Å². The number of alkyl halides is 1. The fourth-order valence-electron chi connectivity index (χ4n) is 3.36. The fraction of sp³-hybridized carbons (Fsp3) is 0.125. The van der Waals surface area contributed by atoms with Gasteiger partial charge < -0.3 is 19.3 Å². The van der Waals surface area contributed by atoms with Gasteiger partial charge in [-0.25, -0.2) is 14.4 Å². The lowest BCUT2D eigenvalue weighted by atomic mass is 10.1. The van der Waals surface area contributed by atoms with Crippen molar-refractivity contribution < 1.29 is 33.7 Å². The molecule has 0 saturated carbocycles. The Balaban J connectivity index is 0.000000124. The van der Waals surface area contributed by atoms with Gasteiger partial charge in [-0.3, -0.25) is 0 Å². The van der Waals surface area contributed by atoms with Crippen LogP contribution in [0.25, 0.3) is 0 Å². The topological polar surface area (TPSA) is 99.1 Å². The Kier molecular flexibility index (Phi) is 8.12. The standard InChI is InChI=1S/C8H4Br2O2.C8H5BrO3.C8H5BrO2/c2*9-4-1-2-5-6(3-4)8(11)12-7(5)10;9-6-2-1-5-4-11-8(10)7(5)3-6/h1-3,7H;1-3,7,10H;1-3H,4H2. The summed E-state index contributed by atoms with van der Waals surface area (Å²) in [7, 11) is 0. The first kappa shape index (κ1) is 26.0. The summed E-state index contributed by atoms with van der Waals surface area (Å²) in [4.78, 5) is 33.2. The molecule has 3 aliphatic rings. The average molecular weight is 734 g/mol. The number of hydrogen-bond acceptors (Lipinski definition) is 7. The van der Waals surface area contributed by atoms with Gasteiger partial charge in [0.1, 0.15) is 6.61 Å². The monoisotopic (exact) mass is 730 g/mol. The third-order valence-corrected chi connectivity index (χ3v) is 7.22. The number of fused-ring (bicyclic) bond motifs is 3. The Morgan fingerprint density at radius 3 is 1.86 bits per heavy atom. The molecule has 2 unspecified atom stereocenters. The zero-order valence-electron chi connectivity index (χ0n) is 17.5. The Morgan fingerprint density at radius 2 is 1.20 bits per heavy atom. The first-order valence-corrected chi connectivity index (χ1v) is 13.2. The van der Waals surface area contributed by atoms with Crippen molar-refractivity contribution in [3.05, 3.63) is 101 Å². The number of carbonyl (C=O) groups excluding carboxylic acids is 3. The SMILES string of the molecule is O=C1OC(Br)c2ccc(Br)cc21.O=C1OC(O)c2ccc(Br)cc21.O=C1OCc2ccc(Br)cc21. The van der Waals surface area contributed by atoms with Crippen molar-refractivity contribution in [2.45, 2.75) is 17.9 Å². The molecule has 180 valence electrons. The molecule has 0 aliphatic carbocycles. The molecule has 2 atom stereocenters. The molecule has 35 heavy (non-hydrogen) atoms. The highest BCUT2D eigenvalue weighted by Gasteiger charge is 2.29. The van der Waals surface area contributed by atoms with Crippen molar-refractivity contribution in [1.82, 2.24) is 0 Å². The van der Waals surface area contributed by atoms with Crippen LogP contribution in [0.4, 0.5) is 0 Å². The molecule has 11 heteroatoms. The molecule has 0 bridgehead atoms. The van der Waals surface area contributed by atoms with E-state index in [1.54, 1.807) is 30.3 Å². The fourth-order valence-corrected chi connectivity index (χ4v) is 5.01. The van der Waals surface area contributed by atoms with Crippen molar-refractivity contribution in [1.29, 1.82) is 0 Å². The lowest BCUT2D eigenvalue weighted by Crippen LogP contribution is -1.95. The molecular weight excluding hydrogens is 720 g/mol. The number of ether oxygens (including phenoxy) is 3. The Hall–Kier alpha value is -2.05. The van der Waals surface area contributed by atoms with E-state index in [0.717, 1.165) is 24.5 Å². The maximum Gasteiger partial charge on any atom is 0.341 e. The third kappa shape index (κ3) is 5.86. The number of benzene rings is 3. The number of aliphatic hydroxyl groups excluding tert-OH is 1. The van der Waals surface area contributed by atoms with E-state index in [4.69, 9.17) is 9.47 Å². The second-order valence-corrected chi connectivity index (χ2v) is 10.9. The molecule has 0 amide bonds. The highest BCUT2D eigenvalue weighted by molar-refractivity contribution is 9.11. The Morgan fingerprint density at radius 1 is 0.686 bits per heavy atom. The minimum Gasteiger partial charge on any atom is -0.457 e. The molecule has 0 aromatic heterocycles. The van der Waals surface area contributed by atoms with Gasteiger partial charge in [-0.2, -0.15) is 0 Å². The molecule has 0 spiro atoms. The molecule has 3 aromatic rings. The van der Waals surface area contributed by atoms with Gasteiger partial charge in [-0.1, -0.05) is 66.0 Å². The van der Waals surface area contributed by atoms with Gasteiger partial charge in [0, 0.05) is 30.1 Å². The molecule has 3 aromatic carbocycles. The van der Waals surface area contributed by atoms with E-state index < -0.39 is 12.3 Å². The minimum atomic E-state index is -1.10. The summed E-state index contributed by atoms with van der Waals surface area (Å²) < 4.78 is 16.9. The average Bonchev–Trinajstić information content (AvgIpc) is 3.42. The summed E-state index contributed by atoms with van der Waals surface area (Å²) in [6.45, 7) is 0.418. The van der Waals surface area contributed by atoms with Crippen molar-refractivity contribution >= 4 is 81.6 Å². The Bertz CT molecular complexity index is 1270. The normalized spacial score (nSPS) is 18.6. The third-order valence-electron chi connectivity index (χ3n) is 5.06. The van der Waals surface area contributed by atoms with E-state index in [9.17, 15) is 19.5 Å². The summed E-state index contributed by atoms with van der Waals surface area (Å²) in [5, 5.41) is 8.90. The van der Waals surface area contributed by atoms with E-state index in [2.05, 4.69) is 68.5 Å². The molecule has 3 aliphatic heterocycles. The summed E-state index contributed by atoms with van der Waals surface area (Å²) in [5.74, 6) is -0.965. The number of halogens is 4. The number of carbonyl (C=O) groups is 3. The van der Waals surface area contributed by atoms with Gasteiger partial charge in [0.25, 0.3) is 0 Å². The zero-order chi connectivity index (χ0) is 25.3. The lowest BCUT2D eigenvalue weighted by Gasteiger charge is -1.99. The lowest BCUT2D eigenvalue weighted by molar-refractivity contribution is -0.0547. The zero-order valence-corrected chi connectivity index (χ0v) is 23.8. The predicted octanol–water partition coefficient (Wildman–Crippen LogP) is 6.74. The molecule has 7 nitrogen and oxygen atoms in total. The van der Waals surface area contributed by atoms with Crippen LogP contribution in [0.5, 0.6) is 0 Å². The minimum absolute atomic E-state index is 0.221. The molecule has 0 radical (unpaired) electrons. The van der Waals surface area contributed by atoms with E-state index in [1.807, 2.05) is 24.3 Å². The second kappa shape index (κ2) is 10.9. The maximum atomic E-state index is 11.2. The van der Waals surface area contributed by atoms with Crippen LogP contribution in [0.1, 0.15) is 59.1 Å². The number of hydrogen-bond donors (Lipinski definition) is 1. The van der Waals surface area contributed by atoms with Crippen molar-refractivity contribution in [3.63, 3.8) is 0 Å². The summed E-state index contributed by atoms with van der Waals surface area (Å²) in [6.07, 6.45) is -1.10. The van der Waals surface area contributed by atoms with Crippen LogP contribution in [-0.4, -0.2) is 23.0 Å².